The van der Waals surface area contributed by atoms with E-state index in [2.05, 4.69) is 9.97 Å². The summed E-state index contributed by atoms with van der Waals surface area (Å²) in [5.41, 5.74) is 2.08. The summed E-state index contributed by atoms with van der Waals surface area (Å²) in [5, 5.41) is 0. The van der Waals surface area contributed by atoms with Gasteiger partial charge in [-0.05, 0) is 36.4 Å². The molecule has 27 heavy (non-hydrogen) atoms. The highest BCUT2D eigenvalue weighted by Crippen LogP contribution is 2.33. The van der Waals surface area contributed by atoms with Crippen LogP contribution in [0.4, 0.5) is 8.78 Å². The van der Waals surface area contributed by atoms with Crippen molar-refractivity contribution in [1.82, 2.24) is 14.4 Å². The zero-order chi connectivity index (χ0) is 19.2. The van der Waals surface area contributed by atoms with Crippen molar-refractivity contribution in [3.63, 3.8) is 0 Å². The lowest BCUT2D eigenvalue weighted by Gasteiger charge is -2.07. The second-order valence-corrected chi connectivity index (χ2v) is 8.04. The van der Waals surface area contributed by atoms with E-state index in [-0.39, 0.29) is 4.90 Å². The molecule has 0 aliphatic heterocycles. The van der Waals surface area contributed by atoms with Gasteiger partial charge in [-0.25, -0.2) is 27.2 Å². The Morgan fingerprint density at radius 3 is 2.33 bits per heavy atom. The summed E-state index contributed by atoms with van der Waals surface area (Å²) in [6.07, 6.45) is 4.43. The zero-order valence-corrected chi connectivity index (χ0v) is 14.9. The largest absolute Gasteiger partial charge is 0.283 e. The molecule has 0 unspecified atom stereocenters. The molecule has 0 saturated heterocycles. The van der Waals surface area contributed by atoms with Crippen molar-refractivity contribution in [3.05, 3.63) is 72.6 Å². The van der Waals surface area contributed by atoms with Gasteiger partial charge in [0.1, 0.15) is 0 Å². The molecule has 2 aromatic heterocycles. The number of halogens is 2. The first kappa shape index (κ1) is 17.3. The normalized spacial score (nSPS) is 11.8. The molecule has 0 fully saturated rings. The highest BCUT2D eigenvalue weighted by atomic mass is 32.2. The molecule has 0 aliphatic carbocycles. The van der Waals surface area contributed by atoms with Crippen LogP contribution in [0.1, 0.15) is 0 Å². The monoisotopic (exact) mass is 385 g/mol. The van der Waals surface area contributed by atoms with Gasteiger partial charge in [0.2, 0.25) is 5.78 Å². The molecule has 5 nitrogen and oxygen atoms in total. The highest BCUT2D eigenvalue weighted by molar-refractivity contribution is 7.90. The van der Waals surface area contributed by atoms with Gasteiger partial charge in [-0.2, -0.15) is 0 Å². The van der Waals surface area contributed by atoms with Crippen LogP contribution < -0.4 is 0 Å². The van der Waals surface area contributed by atoms with Crippen molar-refractivity contribution in [1.29, 1.82) is 0 Å². The minimum atomic E-state index is -3.33. The number of rotatable bonds is 3. The Bertz CT molecular complexity index is 1270. The van der Waals surface area contributed by atoms with E-state index in [0.29, 0.717) is 28.3 Å². The minimum absolute atomic E-state index is 0.183. The fourth-order valence-corrected chi connectivity index (χ4v) is 3.50. The van der Waals surface area contributed by atoms with Gasteiger partial charge >= 0.3 is 0 Å². The predicted molar refractivity (Wildman–Crippen MR) is 96.9 cm³/mol. The Morgan fingerprint density at radius 2 is 1.67 bits per heavy atom. The second kappa shape index (κ2) is 6.24. The summed E-state index contributed by atoms with van der Waals surface area (Å²) in [4.78, 5) is 8.87. The third-order valence-corrected chi connectivity index (χ3v) is 5.28. The maximum absolute atomic E-state index is 13.8. The summed E-state index contributed by atoms with van der Waals surface area (Å²) in [6, 6.07) is 11.5. The van der Waals surface area contributed by atoms with E-state index < -0.39 is 21.5 Å². The van der Waals surface area contributed by atoms with Gasteiger partial charge in [0.25, 0.3) is 0 Å². The molecule has 0 aliphatic rings. The first-order valence-corrected chi connectivity index (χ1v) is 9.83. The molecule has 2 aromatic carbocycles. The van der Waals surface area contributed by atoms with Gasteiger partial charge in [0.05, 0.1) is 16.3 Å². The summed E-state index contributed by atoms with van der Waals surface area (Å²) in [6.45, 7) is 0. The number of hydrogen-bond acceptors (Lipinski definition) is 4. The van der Waals surface area contributed by atoms with E-state index in [4.69, 9.17) is 0 Å². The van der Waals surface area contributed by atoms with E-state index >= 15 is 0 Å². The van der Waals surface area contributed by atoms with Crippen molar-refractivity contribution < 1.29 is 17.2 Å². The maximum atomic E-state index is 13.8. The molecular formula is C19H13F2N3O2S. The first-order chi connectivity index (χ1) is 12.8. The molecular weight excluding hydrogens is 372 g/mol. The van der Waals surface area contributed by atoms with Gasteiger partial charge in [0, 0.05) is 29.8 Å². The number of benzene rings is 2. The number of hydrogen-bond donors (Lipinski definition) is 0. The van der Waals surface area contributed by atoms with Crippen molar-refractivity contribution >= 4 is 15.6 Å². The van der Waals surface area contributed by atoms with Crippen LogP contribution in [0.2, 0.25) is 0 Å². The van der Waals surface area contributed by atoms with E-state index in [9.17, 15) is 17.2 Å². The summed E-state index contributed by atoms with van der Waals surface area (Å²) < 4.78 is 52.2. The molecule has 136 valence electrons. The van der Waals surface area contributed by atoms with E-state index in [1.165, 1.54) is 18.2 Å². The first-order valence-electron chi connectivity index (χ1n) is 7.93. The third-order valence-electron chi connectivity index (χ3n) is 4.15. The van der Waals surface area contributed by atoms with Crippen LogP contribution in [-0.4, -0.2) is 29.0 Å². The van der Waals surface area contributed by atoms with Crippen LogP contribution in [0.15, 0.2) is 65.8 Å². The van der Waals surface area contributed by atoms with Crippen molar-refractivity contribution in [2.45, 2.75) is 4.90 Å². The number of nitrogens with zero attached hydrogens (tertiary/aromatic N) is 3. The summed E-state index contributed by atoms with van der Waals surface area (Å²) in [5.74, 6) is -1.52. The molecule has 2 heterocycles. The molecule has 0 atom stereocenters. The molecule has 0 radical (unpaired) electrons. The second-order valence-electron chi connectivity index (χ2n) is 6.02. The molecule has 0 N–H and O–H groups in total. The number of fused-ring (bicyclic) bond motifs is 1. The summed E-state index contributed by atoms with van der Waals surface area (Å²) in [7, 11) is -3.33. The van der Waals surface area contributed by atoms with Crippen LogP contribution in [0.3, 0.4) is 0 Å². The van der Waals surface area contributed by atoms with Crippen LogP contribution >= 0.6 is 0 Å². The SMILES string of the molecule is CS(=O)(=O)c1ccc(-c2nc3ncccn3c2-c2ccc(F)c(F)c2)cc1. The zero-order valence-electron chi connectivity index (χ0n) is 14.1. The quantitative estimate of drug-likeness (QED) is 0.539. The minimum Gasteiger partial charge on any atom is -0.283 e. The molecule has 4 aromatic rings. The average Bonchev–Trinajstić information content (AvgIpc) is 3.03. The lowest BCUT2D eigenvalue weighted by Crippen LogP contribution is -1.96. The summed E-state index contributed by atoms with van der Waals surface area (Å²) >= 11 is 0. The topological polar surface area (TPSA) is 64.3 Å². The number of aromatic nitrogens is 3. The van der Waals surface area contributed by atoms with Crippen LogP contribution in [0.25, 0.3) is 28.3 Å². The standard InChI is InChI=1S/C19H13F2N3O2S/c1-27(25,26)14-6-3-12(4-7-14)17-18(13-5-8-15(20)16(21)11-13)24-10-2-9-22-19(24)23-17/h2-11H,1H3. The van der Waals surface area contributed by atoms with Gasteiger partial charge in [0.15, 0.2) is 21.5 Å². The van der Waals surface area contributed by atoms with Gasteiger partial charge in [-0.15, -0.1) is 0 Å². The Kier molecular flexibility index (Phi) is 4.00. The molecule has 0 amide bonds. The van der Waals surface area contributed by atoms with E-state index in [1.807, 2.05) is 0 Å². The number of sulfone groups is 1. The van der Waals surface area contributed by atoms with E-state index in [0.717, 1.165) is 18.4 Å². The molecule has 0 saturated carbocycles. The van der Waals surface area contributed by atoms with Crippen molar-refractivity contribution in [2.75, 3.05) is 6.26 Å². The van der Waals surface area contributed by atoms with Crippen LogP contribution in [0.5, 0.6) is 0 Å². The van der Waals surface area contributed by atoms with Gasteiger partial charge in [-0.3, -0.25) is 4.40 Å². The maximum Gasteiger partial charge on any atom is 0.234 e. The Hall–Kier alpha value is -3.13. The Labute approximate surface area is 153 Å². The predicted octanol–water partition coefficient (Wildman–Crippen LogP) is 3.75. The molecule has 0 bridgehead atoms. The molecule has 8 heteroatoms. The Balaban J connectivity index is 1.97. The van der Waals surface area contributed by atoms with E-state index in [1.54, 1.807) is 35.0 Å². The van der Waals surface area contributed by atoms with Crippen LogP contribution in [-0.2, 0) is 9.84 Å². The fourth-order valence-electron chi connectivity index (χ4n) is 2.87. The smallest absolute Gasteiger partial charge is 0.234 e. The van der Waals surface area contributed by atoms with Crippen LogP contribution in [0, 0.1) is 11.6 Å². The third kappa shape index (κ3) is 3.08. The number of imidazole rings is 1. The fraction of sp³-hybridized carbons (Fsp3) is 0.0526. The van der Waals surface area contributed by atoms with Crippen molar-refractivity contribution in [2.24, 2.45) is 0 Å². The highest BCUT2D eigenvalue weighted by Gasteiger charge is 2.18. The van der Waals surface area contributed by atoms with Gasteiger partial charge < -0.3 is 0 Å². The Morgan fingerprint density at radius 1 is 0.963 bits per heavy atom. The van der Waals surface area contributed by atoms with Crippen molar-refractivity contribution in [3.8, 4) is 22.5 Å². The lowest BCUT2D eigenvalue weighted by molar-refractivity contribution is 0.509. The van der Waals surface area contributed by atoms with Gasteiger partial charge in [-0.1, -0.05) is 12.1 Å². The molecule has 0 spiro atoms. The average molecular weight is 385 g/mol. The lowest BCUT2D eigenvalue weighted by atomic mass is 10.0. The molecule has 4 rings (SSSR count).